The van der Waals surface area contributed by atoms with Gasteiger partial charge in [0.15, 0.2) is 0 Å². The van der Waals surface area contributed by atoms with E-state index in [1.165, 1.54) is 0 Å². The van der Waals surface area contributed by atoms with Crippen LogP contribution < -0.4 is 0 Å². The Morgan fingerprint density at radius 1 is 1.64 bits per heavy atom. The van der Waals surface area contributed by atoms with Gasteiger partial charge in [-0.25, -0.2) is 4.79 Å². The molecule has 0 rings (SSSR count). The second-order valence-electron chi connectivity index (χ2n) is 2.19. The minimum atomic E-state index is -0.354. The number of thiol groups is 2. The van der Waals surface area contributed by atoms with E-state index >= 15 is 0 Å². The summed E-state index contributed by atoms with van der Waals surface area (Å²) in [5.74, 6) is -0.354. The monoisotopic (exact) mass is 192 g/mol. The van der Waals surface area contributed by atoms with Crippen molar-refractivity contribution in [2.24, 2.45) is 0 Å². The van der Waals surface area contributed by atoms with Crippen LogP contribution in [0.2, 0.25) is 0 Å². The molecule has 0 heterocycles. The maximum absolute atomic E-state index is 10.8. The molecule has 0 saturated carbocycles. The van der Waals surface area contributed by atoms with E-state index in [-0.39, 0.29) is 10.6 Å². The zero-order chi connectivity index (χ0) is 8.85. The van der Waals surface area contributed by atoms with E-state index < -0.39 is 0 Å². The summed E-state index contributed by atoms with van der Waals surface area (Å²) >= 11 is 8.01. The van der Waals surface area contributed by atoms with Crippen LogP contribution in [-0.4, -0.2) is 17.2 Å². The summed E-state index contributed by atoms with van der Waals surface area (Å²) in [7, 11) is 0. The molecule has 0 saturated heterocycles. The lowest BCUT2D eigenvalue weighted by atomic mass is 10.4. The SMILES string of the molecule is C=C(C)C(=O)OCCC(S)S. The van der Waals surface area contributed by atoms with Crippen LogP contribution in [0.4, 0.5) is 0 Å². The highest BCUT2D eigenvalue weighted by Crippen LogP contribution is 2.05. The lowest BCUT2D eigenvalue weighted by Crippen LogP contribution is -2.07. The molecule has 0 aliphatic heterocycles. The minimum absolute atomic E-state index is 0.0343. The predicted octanol–water partition coefficient (Wildman–Crippen LogP) is 1.68. The van der Waals surface area contributed by atoms with Gasteiger partial charge in [-0.2, -0.15) is 25.3 Å². The summed E-state index contributed by atoms with van der Waals surface area (Å²) < 4.78 is 4.74. The number of hydrogen-bond acceptors (Lipinski definition) is 4. The van der Waals surface area contributed by atoms with Gasteiger partial charge in [-0.15, -0.1) is 0 Å². The van der Waals surface area contributed by atoms with Crippen molar-refractivity contribution in [3.63, 3.8) is 0 Å². The maximum atomic E-state index is 10.8. The second kappa shape index (κ2) is 5.55. The van der Waals surface area contributed by atoms with Crippen molar-refractivity contribution >= 4 is 31.2 Å². The highest BCUT2D eigenvalue weighted by atomic mass is 32.2. The Bertz CT molecular complexity index is 155. The van der Waals surface area contributed by atoms with Crippen molar-refractivity contribution in [2.45, 2.75) is 17.9 Å². The van der Waals surface area contributed by atoms with Crippen LogP contribution in [0.25, 0.3) is 0 Å². The lowest BCUT2D eigenvalue weighted by molar-refractivity contribution is -0.138. The van der Waals surface area contributed by atoms with Crippen LogP contribution in [0.5, 0.6) is 0 Å². The second-order valence-corrected chi connectivity index (χ2v) is 3.84. The van der Waals surface area contributed by atoms with Gasteiger partial charge in [0.2, 0.25) is 0 Å². The Hall–Kier alpha value is -0.0900. The van der Waals surface area contributed by atoms with Gasteiger partial charge in [0, 0.05) is 16.6 Å². The zero-order valence-corrected chi connectivity index (χ0v) is 8.20. The number of carbonyl (C=O) groups excluding carboxylic acids is 1. The summed E-state index contributed by atoms with van der Waals surface area (Å²) in [5, 5.41) is 0. The predicted molar refractivity (Wildman–Crippen MR) is 52.2 cm³/mol. The average Bonchev–Trinajstić information content (AvgIpc) is 1.86. The Morgan fingerprint density at radius 3 is 2.55 bits per heavy atom. The van der Waals surface area contributed by atoms with Crippen LogP contribution >= 0.6 is 25.3 Å². The van der Waals surface area contributed by atoms with Crippen LogP contribution in [0.1, 0.15) is 13.3 Å². The fraction of sp³-hybridized carbons (Fsp3) is 0.571. The van der Waals surface area contributed by atoms with E-state index in [0.717, 1.165) is 0 Å². The van der Waals surface area contributed by atoms with Gasteiger partial charge in [0.25, 0.3) is 0 Å². The molecular weight excluding hydrogens is 180 g/mol. The molecule has 0 aliphatic carbocycles. The van der Waals surface area contributed by atoms with E-state index in [1.807, 2.05) is 0 Å². The third kappa shape index (κ3) is 6.31. The minimum Gasteiger partial charge on any atom is -0.462 e. The quantitative estimate of drug-likeness (QED) is 0.307. The molecule has 0 fully saturated rings. The Labute approximate surface area is 77.8 Å². The molecule has 0 aromatic carbocycles. The highest BCUT2D eigenvalue weighted by molar-refractivity contribution is 7.99. The molecule has 0 spiro atoms. The van der Waals surface area contributed by atoms with Gasteiger partial charge in [0.1, 0.15) is 0 Å². The number of esters is 1. The molecule has 0 unspecified atom stereocenters. The summed E-state index contributed by atoms with van der Waals surface area (Å²) in [6, 6.07) is 0. The summed E-state index contributed by atoms with van der Waals surface area (Å²) in [6.45, 7) is 5.40. The molecule has 2 nitrogen and oxygen atoms in total. The van der Waals surface area contributed by atoms with Gasteiger partial charge >= 0.3 is 5.97 Å². The number of carbonyl (C=O) groups is 1. The molecule has 0 aliphatic rings. The first kappa shape index (κ1) is 10.9. The van der Waals surface area contributed by atoms with Crippen molar-refractivity contribution < 1.29 is 9.53 Å². The molecule has 64 valence electrons. The molecule has 0 aromatic heterocycles. The lowest BCUT2D eigenvalue weighted by Gasteiger charge is -2.04. The zero-order valence-electron chi connectivity index (χ0n) is 6.41. The topological polar surface area (TPSA) is 26.3 Å². The summed E-state index contributed by atoms with van der Waals surface area (Å²) in [4.78, 5) is 10.8. The first-order valence-electron chi connectivity index (χ1n) is 3.23. The third-order valence-corrected chi connectivity index (χ3v) is 1.47. The van der Waals surface area contributed by atoms with E-state index in [9.17, 15) is 4.79 Å². The van der Waals surface area contributed by atoms with E-state index in [2.05, 4.69) is 31.8 Å². The van der Waals surface area contributed by atoms with Crippen molar-refractivity contribution in [3.05, 3.63) is 12.2 Å². The van der Waals surface area contributed by atoms with E-state index in [0.29, 0.717) is 18.6 Å². The van der Waals surface area contributed by atoms with Crippen LogP contribution in [0.15, 0.2) is 12.2 Å². The Morgan fingerprint density at radius 2 is 2.18 bits per heavy atom. The highest BCUT2D eigenvalue weighted by Gasteiger charge is 2.03. The Kier molecular flexibility index (Phi) is 5.50. The average molecular weight is 192 g/mol. The standard InChI is InChI=1S/C7H12O2S2/c1-5(2)7(8)9-4-3-6(10)11/h6,10-11H,1,3-4H2,2H3. The maximum Gasteiger partial charge on any atom is 0.333 e. The van der Waals surface area contributed by atoms with Crippen molar-refractivity contribution in [1.29, 1.82) is 0 Å². The van der Waals surface area contributed by atoms with E-state index in [1.54, 1.807) is 6.92 Å². The smallest absolute Gasteiger partial charge is 0.333 e. The molecule has 0 bridgehead atoms. The fourth-order valence-corrected chi connectivity index (χ4v) is 0.591. The first-order valence-corrected chi connectivity index (χ1v) is 4.26. The van der Waals surface area contributed by atoms with Gasteiger partial charge in [-0.05, 0) is 6.92 Å². The molecule has 4 heteroatoms. The van der Waals surface area contributed by atoms with Gasteiger partial charge < -0.3 is 4.74 Å². The number of hydrogen-bond donors (Lipinski definition) is 2. The van der Waals surface area contributed by atoms with Crippen LogP contribution in [0, 0.1) is 0 Å². The molecule has 0 aromatic rings. The van der Waals surface area contributed by atoms with E-state index in [4.69, 9.17) is 4.74 Å². The number of ether oxygens (including phenoxy) is 1. The normalized spacial score (nSPS) is 9.82. The number of rotatable bonds is 4. The van der Waals surface area contributed by atoms with Crippen LogP contribution in [-0.2, 0) is 9.53 Å². The Balaban J connectivity index is 3.40. The largest absolute Gasteiger partial charge is 0.462 e. The molecule has 0 radical (unpaired) electrons. The molecule has 0 N–H and O–H groups in total. The van der Waals surface area contributed by atoms with Crippen molar-refractivity contribution in [1.82, 2.24) is 0 Å². The fourth-order valence-electron chi connectivity index (χ4n) is 0.380. The van der Waals surface area contributed by atoms with Crippen molar-refractivity contribution in [2.75, 3.05) is 6.61 Å². The molecule has 11 heavy (non-hydrogen) atoms. The van der Waals surface area contributed by atoms with Crippen molar-refractivity contribution in [3.8, 4) is 0 Å². The summed E-state index contributed by atoms with van der Waals surface area (Å²) in [5.41, 5.74) is 0.417. The van der Waals surface area contributed by atoms with Gasteiger partial charge in [-0.1, -0.05) is 6.58 Å². The molecule has 0 atom stereocenters. The first-order chi connectivity index (χ1) is 5.04. The molecule has 0 amide bonds. The third-order valence-electron chi connectivity index (χ3n) is 0.958. The molecular formula is C7H12O2S2. The summed E-state index contributed by atoms with van der Waals surface area (Å²) in [6.07, 6.45) is 0.644. The van der Waals surface area contributed by atoms with Crippen LogP contribution in [0.3, 0.4) is 0 Å². The van der Waals surface area contributed by atoms with Gasteiger partial charge in [0.05, 0.1) is 6.61 Å². The van der Waals surface area contributed by atoms with Gasteiger partial charge in [-0.3, -0.25) is 0 Å².